The Morgan fingerprint density at radius 3 is 2.11 bits per heavy atom. The second-order valence-electron chi connectivity index (χ2n) is 4.54. The van der Waals surface area contributed by atoms with E-state index in [1.807, 2.05) is 0 Å². The van der Waals surface area contributed by atoms with Gasteiger partial charge < -0.3 is 0 Å². The summed E-state index contributed by atoms with van der Waals surface area (Å²) in [5.74, 6) is -0.334. The average Bonchev–Trinajstić information content (AvgIpc) is 2.77. The molecule has 8 heteroatoms. The summed E-state index contributed by atoms with van der Waals surface area (Å²) in [7, 11) is 0. The second kappa shape index (κ2) is 5.05. The number of anilines is 1. The molecule has 1 atom stereocenters. The van der Waals surface area contributed by atoms with Crippen LogP contribution in [0.1, 0.15) is 13.3 Å². The zero-order valence-corrected chi connectivity index (χ0v) is 13.4. The fraction of sp³-hybridized carbons (Fsp3) is 0.364. The molecule has 1 unspecified atom stereocenters. The molecule has 0 aliphatic heterocycles. The number of hydrogen-bond acceptors (Lipinski definition) is 2. The second-order valence-corrected chi connectivity index (χ2v) is 7.27. The monoisotopic (exact) mass is 360 g/mol. The third kappa shape index (κ3) is 2.86. The number of hydrogen-bond donors (Lipinski definition) is 2. The van der Waals surface area contributed by atoms with Crippen molar-refractivity contribution in [3.05, 3.63) is 27.2 Å². The van der Waals surface area contributed by atoms with Crippen molar-refractivity contribution in [3.63, 3.8) is 0 Å². The van der Waals surface area contributed by atoms with Crippen molar-refractivity contribution < 1.29 is 4.79 Å². The lowest BCUT2D eigenvalue weighted by Gasteiger charge is -2.16. The normalized spacial score (nSPS) is 23.9. The lowest BCUT2D eigenvalue weighted by atomic mass is 10.1. The van der Waals surface area contributed by atoms with Crippen molar-refractivity contribution in [2.24, 2.45) is 5.41 Å². The molecule has 0 bridgehead atoms. The van der Waals surface area contributed by atoms with Crippen LogP contribution in [0.2, 0.25) is 15.1 Å². The molecule has 0 saturated heterocycles. The summed E-state index contributed by atoms with van der Waals surface area (Å²) in [6.07, 6.45) is 0.388. The average molecular weight is 362 g/mol. The summed E-state index contributed by atoms with van der Waals surface area (Å²) in [6.45, 7) is 1.68. The molecule has 1 amide bonds. The van der Waals surface area contributed by atoms with Gasteiger partial charge >= 0.3 is 0 Å². The van der Waals surface area contributed by atoms with E-state index < -0.39 is 9.75 Å². The Balaban J connectivity index is 2.07. The van der Waals surface area contributed by atoms with Gasteiger partial charge in [-0.25, -0.2) is 0 Å². The molecule has 1 fully saturated rings. The number of halogens is 5. The van der Waals surface area contributed by atoms with Crippen molar-refractivity contribution in [2.45, 2.75) is 17.7 Å². The van der Waals surface area contributed by atoms with E-state index in [4.69, 9.17) is 58.0 Å². The van der Waals surface area contributed by atoms with Gasteiger partial charge in [-0.1, -0.05) is 34.8 Å². The minimum atomic E-state index is -1.04. The van der Waals surface area contributed by atoms with E-state index in [0.29, 0.717) is 27.2 Å². The largest absolute Gasteiger partial charge is 0.296 e. The molecule has 1 aliphatic carbocycles. The van der Waals surface area contributed by atoms with Crippen LogP contribution in [-0.2, 0) is 4.79 Å². The number of carbonyl (C=O) groups excluding carboxylic acids is 1. The predicted octanol–water partition coefficient (Wildman–Crippen LogP) is 4.67. The number of rotatable bonds is 3. The number of alkyl halides is 2. The Morgan fingerprint density at radius 2 is 1.68 bits per heavy atom. The maximum Gasteiger partial charge on any atom is 0.247 e. The third-order valence-electron chi connectivity index (χ3n) is 3.07. The van der Waals surface area contributed by atoms with E-state index >= 15 is 0 Å². The predicted molar refractivity (Wildman–Crippen MR) is 80.4 cm³/mol. The van der Waals surface area contributed by atoms with Crippen molar-refractivity contribution in [3.8, 4) is 0 Å². The highest BCUT2D eigenvalue weighted by atomic mass is 35.5. The first kappa shape index (κ1) is 15.3. The summed E-state index contributed by atoms with van der Waals surface area (Å²) >= 11 is 29.6. The van der Waals surface area contributed by atoms with E-state index in [9.17, 15) is 4.79 Å². The smallest absolute Gasteiger partial charge is 0.247 e. The van der Waals surface area contributed by atoms with Crippen molar-refractivity contribution >= 4 is 69.6 Å². The number of hydrazine groups is 1. The van der Waals surface area contributed by atoms with Crippen molar-refractivity contribution in [2.75, 3.05) is 5.43 Å². The minimum absolute atomic E-state index is 0.293. The van der Waals surface area contributed by atoms with Gasteiger partial charge in [0.1, 0.15) is 4.33 Å². The molecule has 19 heavy (non-hydrogen) atoms. The molecule has 0 aromatic heterocycles. The van der Waals surface area contributed by atoms with Crippen molar-refractivity contribution in [1.82, 2.24) is 5.43 Å². The molecular weight excluding hydrogens is 353 g/mol. The van der Waals surface area contributed by atoms with Gasteiger partial charge in [-0.05, 0) is 25.5 Å². The number of benzene rings is 1. The van der Waals surface area contributed by atoms with E-state index in [-0.39, 0.29) is 5.91 Å². The van der Waals surface area contributed by atoms with Crippen LogP contribution in [0.25, 0.3) is 0 Å². The van der Waals surface area contributed by atoms with Gasteiger partial charge in [-0.2, -0.15) is 0 Å². The Kier molecular flexibility index (Phi) is 4.07. The van der Waals surface area contributed by atoms with Crippen LogP contribution in [0.5, 0.6) is 0 Å². The summed E-state index contributed by atoms with van der Waals surface area (Å²) < 4.78 is -1.04. The maximum absolute atomic E-state index is 12.0. The molecule has 0 heterocycles. The van der Waals surface area contributed by atoms with Gasteiger partial charge in [0.15, 0.2) is 0 Å². The van der Waals surface area contributed by atoms with Gasteiger partial charge in [0, 0.05) is 5.02 Å². The van der Waals surface area contributed by atoms with Crippen LogP contribution < -0.4 is 10.9 Å². The van der Waals surface area contributed by atoms with Crippen LogP contribution in [0.3, 0.4) is 0 Å². The minimum Gasteiger partial charge on any atom is -0.296 e. The topological polar surface area (TPSA) is 41.1 Å². The lowest BCUT2D eigenvalue weighted by Crippen LogP contribution is -2.37. The van der Waals surface area contributed by atoms with Crippen LogP contribution in [0.15, 0.2) is 12.1 Å². The summed E-state index contributed by atoms with van der Waals surface area (Å²) in [5.41, 5.74) is 4.68. The fourth-order valence-corrected chi connectivity index (χ4v) is 3.18. The molecule has 3 nitrogen and oxygen atoms in total. The molecule has 0 spiro atoms. The molecule has 1 saturated carbocycles. The Morgan fingerprint density at radius 1 is 1.21 bits per heavy atom. The molecule has 2 N–H and O–H groups in total. The Labute approximate surface area is 135 Å². The number of amides is 1. The standard InChI is InChI=1S/C11H9Cl5N2O/c1-10(4-11(10,15)16)9(19)18-17-8-6(13)2-5(12)3-7(8)14/h2-3,17H,4H2,1H3,(H,18,19). The molecule has 1 aliphatic rings. The zero-order valence-electron chi connectivity index (χ0n) is 9.66. The fourth-order valence-electron chi connectivity index (χ4n) is 1.57. The molecule has 1 aromatic carbocycles. The van der Waals surface area contributed by atoms with E-state index in [1.165, 1.54) is 12.1 Å². The first-order valence-electron chi connectivity index (χ1n) is 5.26. The highest BCUT2D eigenvalue weighted by Gasteiger charge is 2.68. The molecule has 2 rings (SSSR count). The molecule has 1 aromatic rings. The highest BCUT2D eigenvalue weighted by molar-refractivity contribution is 6.53. The SMILES string of the molecule is CC1(C(=O)NNc2c(Cl)cc(Cl)cc2Cl)CC1(Cl)Cl. The van der Waals surface area contributed by atoms with Crippen LogP contribution >= 0.6 is 58.0 Å². The highest BCUT2D eigenvalue weighted by Crippen LogP contribution is 2.63. The Bertz CT molecular complexity index is 525. The quantitative estimate of drug-likeness (QED) is 0.606. The molecule has 0 radical (unpaired) electrons. The van der Waals surface area contributed by atoms with E-state index in [0.717, 1.165) is 0 Å². The lowest BCUT2D eigenvalue weighted by molar-refractivity contribution is -0.125. The zero-order chi connectivity index (χ0) is 14.4. The first-order valence-corrected chi connectivity index (χ1v) is 7.15. The molecular formula is C11H9Cl5N2O. The van der Waals surface area contributed by atoms with Gasteiger partial charge in [0.2, 0.25) is 5.91 Å². The number of nitrogens with one attached hydrogen (secondary N) is 2. The van der Waals surface area contributed by atoms with Gasteiger partial charge in [0.05, 0.1) is 21.1 Å². The molecule has 104 valence electrons. The summed E-state index contributed by atoms with van der Waals surface area (Å²) in [4.78, 5) is 12.0. The number of carbonyl (C=O) groups is 1. The van der Waals surface area contributed by atoms with Gasteiger partial charge in [-0.15, -0.1) is 23.2 Å². The summed E-state index contributed by atoms with van der Waals surface area (Å²) in [6, 6.07) is 3.02. The maximum atomic E-state index is 12.0. The first-order chi connectivity index (χ1) is 8.67. The van der Waals surface area contributed by atoms with Gasteiger partial charge in [-0.3, -0.25) is 15.6 Å². The third-order valence-corrected chi connectivity index (χ3v) is 4.98. The Hall–Kier alpha value is -0.0600. The van der Waals surface area contributed by atoms with Crippen molar-refractivity contribution in [1.29, 1.82) is 0 Å². The summed E-state index contributed by atoms with van der Waals surface area (Å²) in [5, 5.41) is 0.991. The van der Waals surface area contributed by atoms with E-state index in [2.05, 4.69) is 10.9 Å². The van der Waals surface area contributed by atoms with Gasteiger partial charge in [0.25, 0.3) is 0 Å². The van der Waals surface area contributed by atoms with E-state index in [1.54, 1.807) is 6.92 Å². The van der Waals surface area contributed by atoms with Crippen LogP contribution in [0.4, 0.5) is 5.69 Å². The van der Waals surface area contributed by atoms with Crippen LogP contribution in [0, 0.1) is 5.41 Å². The van der Waals surface area contributed by atoms with Crippen LogP contribution in [-0.4, -0.2) is 10.2 Å².